The molecule has 1 saturated heterocycles. The largest absolute Gasteiger partial charge is 1.00 e. The van der Waals surface area contributed by atoms with Gasteiger partial charge in [-0.1, -0.05) is 249 Å². The van der Waals surface area contributed by atoms with Gasteiger partial charge in [-0.3, -0.25) is 0 Å². The van der Waals surface area contributed by atoms with Crippen molar-refractivity contribution in [2.24, 2.45) is 0 Å². The van der Waals surface area contributed by atoms with Crippen LogP contribution in [0.2, 0.25) is 5.28 Å². The number of hydrogen-bond donors (Lipinski definition) is 0. The molecule has 25 rings (SSSR count). The lowest BCUT2D eigenvalue weighted by atomic mass is 9.78. The molecule has 0 bridgehead atoms. The summed E-state index contributed by atoms with van der Waals surface area (Å²) in [6.07, 6.45) is 0. The van der Waals surface area contributed by atoms with Gasteiger partial charge in [-0.15, -0.1) is 45.3 Å². The molecule has 0 spiro atoms. The fourth-order valence-electron chi connectivity index (χ4n) is 16.7. The van der Waals surface area contributed by atoms with Gasteiger partial charge in [0.2, 0.25) is 5.28 Å². The van der Waals surface area contributed by atoms with Gasteiger partial charge in [0.05, 0.1) is 43.0 Å². The predicted molar refractivity (Wildman–Crippen MR) is 513 cm³/mol. The maximum atomic E-state index is 6.46. The Morgan fingerprint density at radius 3 is 1.12 bits per heavy atom. The van der Waals surface area contributed by atoms with Crippen LogP contribution in [0.4, 0.5) is 0 Å². The summed E-state index contributed by atoms with van der Waals surface area (Å²) in [6, 6.07) is 112. The van der Waals surface area contributed by atoms with Crippen LogP contribution in [0.3, 0.4) is 0 Å². The molecule has 21 heteroatoms. The molecular formula is C104H66BClIN10O4S4-. The number of nitrogens with zero attached hydrogens (tertiary/aromatic N) is 10. The number of furan rings is 2. The Morgan fingerprint density at radius 2 is 0.616 bits per heavy atom. The molecular weight excluding hydrogens is 1750 g/mol. The standard InChI is InChI=1S/C49H27N5OS2.C39H30BN3O3S.C16H9ClN2S.HI/c1-3-13-28(14-4-1)42-45-43(33-18-8-10-24-39(33)57-45)51-49(50-42)35-21-11-19-31-36-27-30(25-26-40(36)56-44(31)35)47-52-46(29-15-5-2-6-16-29)53-48(54-47)34-20-12-23-38-41(34)32-17-7-9-22-37(32)55-38;1-38(2)39(3,4)46-40(45-38)29-17-10-15-25-28-22-24(20-21-32(28)47-34(25)29)36-41-35(23-12-6-5-7-13-23)42-37(43-36)27-16-11-19-31-33(27)26-14-8-9-18-30(26)44-31;17-16-18-13(10-6-2-1-3-7-10)15-14(19-16)11-8-4-5-9-12(11)20-15;/h1-27H;5-22H,1-4H3;1-9H;1H/p-1. The highest BCUT2D eigenvalue weighted by Crippen LogP contribution is 2.48. The second-order valence-corrected chi connectivity index (χ2v) is 36.1. The van der Waals surface area contributed by atoms with Crippen molar-refractivity contribution in [2.75, 3.05) is 0 Å². The van der Waals surface area contributed by atoms with E-state index in [1.807, 2.05) is 170 Å². The first-order valence-electron chi connectivity index (χ1n) is 40.7. The summed E-state index contributed by atoms with van der Waals surface area (Å²) in [6.45, 7) is 8.36. The van der Waals surface area contributed by atoms with E-state index in [4.69, 9.17) is 69.6 Å². The molecule has 125 heavy (non-hydrogen) atoms. The maximum absolute atomic E-state index is 6.46. The minimum atomic E-state index is -0.433. The fraction of sp³-hybridized carbons (Fsp3) is 0.0577. The van der Waals surface area contributed by atoms with Crippen LogP contribution in [-0.2, 0) is 9.31 Å². The summed E-state index contributed by atoms with van der Waals surface area (Å²) in [4.78, 5) is 50.0. The summed E-state index contributed by atoms with van der Waals surface area (Å²) in [5, 5.41) is 11.2. The van der Waals surface area contributed by atoms with Gasteiger partial charge < -0.3 is 42.1 Å². The molecule has 0 aliphatic carbocycles. The first-order chi connectivity index (χ1) is 60.8. The third kappa shape index (κ3) is 13.8. The first-order valence-corrected chi connectivity index (χ1v) is 44.3. The summed E-state index contributed by atoms with van der Waals surface area (Å²) in [5.41, 5.74) is 15.9. The average Bonchev–Trinajstić information content (AvgIpc) is 1.59. The van der Waals surface area contributed by atoms with E-state index in [1.165, 1.54) is 18.8 Å². The molecule has 598 valence electrons. The number of benzene rings is 14. The second-order valence-electron chi connectivity index (χ2n) is 31.5. The molecule has 14 aromatic carbocycles. The van der Waals surface area contributed by atoms with Crippen LogP contribution >= 0.6 is 56.9 Å². The SMILES string of the molecule is CC1(C)OB(c2cccc3c2sc2ccc(-c4nc(-c5ccccc5)nc(-c5cccc6oc7ccccc7c56)n4)cc23)OC1(C)C.Clc1nc(-c2ccccc2)c2sc3ccccc3c2n1.[I-].c1ccc(-c2nc(-c3ccc4sc5c(-c6nc(-c7ccccc7)c7sc8ccccc8c7n6)cccc5c4c3)nc(-c3cccc4oc5ccccc5c34)n2)cc1. The Labute approximate surface area is 753 Å². The molecule has 0 amide bonds. The Hall–Kier alpha value is -13.3. The summed E-state index contributed by atoms with van der Waals surface area (Å²) in [7, 11) is -0.433. The van der Waals surface area contributed by atoms with Crippen molar-refractivity contribution in [3.8, 4) is 102 Å². The van der Waals surface area contributed by atoms with E-state index < -0.39 is 18.3 Å². The van der Waals surface area contributed by atoms with Crippen LogP contribution in [0, 0.1) is 0 Å². The van der Waals surface area contributed by atoms with Crippen molar-refractivity contribution in [3.63, 3.8) is 0 Å². The molecule has 14 nitrogen and oxygen atoms in total. The molecule has 0 unspecified atom stereocenters. The number of thiophene rings is 4. The number of aromatic nitrogens is 10. The zero-order valence-electron chi connectivity index (χ0n) is 67.2. The topological polar surface area (TPSA) is 174 Å². The first kappa shape index (κ1) is 77.8. The minimum Gasteiger partial charge on any atom is -1.00 e. The molecule has 0 radical (unpaired) electrons. The van der Waals surface area contributed by atoms with Crippen LogP contribution in [0.5, 0.6) is 0 Å². The Bertz CT molecular complexity index is 8380. The number of rotatable bonds is 10. The highest BCUT2D eigenvalue weighted by atomic mass is 127. The predicted octanol–water partition coefficient (Wildman–Crippen LogP) is 25.2. The molecule has 0 N–H and O–H groups in total. The van der Waals surface area contributed by atoms with Gasteiger partial charge in [0.1, 0.15) is 22.3 Å². The normalized spacial score (nSPS) is 13.1. The van der Waals surface area contributed by atoms with Crippen molar-refractivity contribution < 1.29 is 42.1 Å². The van der Waals surface area contributed by atoms with E-state index in [9.17, 15) is 0 Å². The molecule has 11 heterocycles. The third-order valence-corrected chi connectivity index (χ3v) is 28.4. The van der Waals surface area contributed by atoms with Gasteiger partial charge in [0, 0.05) is 132 Å². The maximum Gasteiger partial charge on any atom is 0.496 e. The van der Waals surface area contributed by atoms with Gasteiger partial charge in [-0.25, -0.2) is 49.8 Å². The average molecular weight is 1820 g/mol. The zero-order valence-corrected chi connectivity index (χ0v) is 73.4. The molecule has 1 fully saturated rings. The van der Waals surface area contributed by atoms with Crippen molar-refractivity contribution >= 4 is 194 Å². The van der Waals surface area contributed by atoms with Crippen LogP contribution in [-0.4, -0.2) is 68.2 Å². The molecule has 1 aliphatic rings. The van der Waals surface area contributed by atoms with Crippen molar-refractivity contribution in [1.29, 1.82) is 0 Å². The summed E-state index contributed by atoms with van der Waals surface area (Å²) >= 11 is 13.1. The molecule has 1 aliphatic heterocycles. The monoisotopic (exact) mass is 1820 g/mol. The number of fused-ring (bicyclic) bond motifs is 18. The van der Waals surface area contributed by atoms with Gasteiger partial charge in [-0.2, -0.15) is 0 Å². The smallest absolute Gasteiger partial charge is 0.496 e. The van der Waals surface area contributed by atoms with Gasteiger partial charge in [-0.05, 0) is 124 Å². The van der Waals surface area contributed by atoms with E-state index in [0.29, 0.717) is 40.2 Å². The Morgan fingerprint density at radius 1 is 0.264 bits per heavy atom. The number of para-hydroxylation sites is 2. The van der Waals surface area contributed by atoms with E-state index in [2.05, 4.69) is 195 Å². The van der Waals surface area contributed by atoms with E-state index in [1.54, 1.807) is 45.3 Å². The van der Waals surface area contributed by atoms with Crippen LogP contribution in [0.1, 0.15) is 27.7 Å². The molecule has 0 saturated carbocycles. The lowest BCUT2D eigenvalue weighted by Gasteiger charge is -2.32. The van der Waals surface area contributed by atoms with Gasteiger partial charge >= 0.3 is 7.12 Å². The molecule has 24 aromatic rings. The number of halogens is 2. The van der Waals surface area contributed by atoms with Crippen LogP contribution < -0.4 is 29.4 Å². The second kappa shape index (κ2) is 31.5. The van der Waals surface area contributed by atoms with Crippen molar-refractivity contribution in [1.82, 2.24) is 49.8 Å². The van der Waals surface area contributed by atoms with Crippen LogP contribution in [0.15, 0.2) is 336 Å². The van der Waals surface area contributed by atoms with Gasteiger partial charge in [0.25, 0.3) is 0 Å². The quantitative estimate of drug-likeness (QED) is 0.0719. The Balaban J connectivity index is 0.000000122. The molecule has 10 aromatic heterocycles. The fourth-order valence-corrected chi connectivity index (χ4v) is 21.6. The Kier molecular flexibility index (Phi) is 19.6. The third-order valence-electron chi connectivity index (χ3n) is 23.4. The summed E-state index contributed by atoms with van der Waals surface area (Å²) < 4.78 is 34.6. The lowest BCUT2D eigenvalue weighted by molar-refractivity contribution is -0.0000272. The van der Waals surface area contributed by atoms with E-state index >= 15 is 0 Å². The lowest BCUT2D eigenvalue weighted by Crippen LogP contribution is -3.00. The summed E-state index contributed by atoms with van der Waals surface area (Å²) in [5.74, 6) is 4.36. The van der Waals surface area contributed by atoms with E-state index in [-0.39, 0.29) is 24.0 Å². The number of hydrogen-bond acceptors (Lipinski definition) is 18. The van der Waals surface area contributed by atoms with Crippen molar-refractivity contribution in [3.05, 3.63) is 333 Å². The zero-order chi connectivity index (χ0) is 82.9. The minimum absolute atomic E-state index is 0. The van der Waals surface area contributed by atoms with Crippen molar-refractivity contribution in [2.45, 2.75) is 38.9 Å². The van der Waals surface area contributed by atoms with Gasteiger partial charge in [0.15, 0.2) is 40.8 Å². The highest BCUT2D eigenvalue weighted by Gasteiger charge is 2.52. The highest BCUT2D eigenvalue weighted by molar-refractivity contribution is 7.28. The van der Waals surface area contributed by atoms with Crippen LogP contribution in [0.25, 0.3) is 227 Å². The molecule has 0 atom stereocenters. The van der Waals surface area contributed by atoms with E-state index in [0.717, 1.165) is 179 Å².